The number of hydrogen-bond acceptors (Lipinski definition) is 3. The molecule has 0 aliphatic carbocycles. The summed E-state index contributed by atoms with van der Waals surface area (Å²) in [7, 11) is -1.66. The quantitative estimate of drug-likeness (QED) is 0.376. The fraction of sp³-hybridized carbons (Fsp3) is 0.650. The van der Waals surface area contributed by atoms with E-state index in [9.17, 15) is 8.42 Å². The van der Waals surface area contributed by atoms with Crippen molar-refractivity contribution in [3.63, 3.8) is 0 Å². The Morgan fingerprint density at radius 2 is 1.82 bits per heavy atom. The van der Waals surface area contributed by atoms with Crippen LogP contribution >= 0.6 is 24.0 Å². The van der Waals surface area contributed by atoms with Gasteiger partial charge in [0.25, 0.3) is 0 Å². The van der Waals surface area contributed by atoms with E-state index in [1.807, 2.05) is 12.1 Å². The molecule has 0 atom stereocenters. The zero-order valence-electron chi connectivity index (χ0n) is 17.1. The molecule has 1 aromatic carbocycles. The molecule has 0 unspecified atom stereocenters. The van der Waals surface area contributed by atoms with Gasteiger partial charge in [0.05, 0.1) is 4.90 Å². The van der Waals surface area contributed by atoms with Gasteiger partial charge in [0.15, 0.2) is 5.96 Å². The first kappa shape index (κ1) is 23.4. The normalized spacial score (nSPS) is 20.7. The highest BCUT2D eigenvalue weighted by molar-refractivity contribution is 14.0. The maximum absolute atomic E-state index is 13.1. The third-order valence-electron chi connectivity index (χ3n) is 5.53. The zero-order chi connectivity index (χ0) is 19.5. The smallest absolute Gasteiger partial charge is 0.243 e. The van der Waals surface area contributed by atoms with Crippen molar-refractivity contribution < 1.29 is 8.42 Å². The van der Waals surface area contributed by atoms with Crippen LogP contribution < -0.4 is 5.32 Å². The molecule has 0 aromatic heterocycles. The number of nitrogens with zero attached hydrogens (tertiary/aromatic N) is 3. The van der Waals surface area contributed by atoms with Crippen LogP contribution in [-0.2, 0) is 16.6 Å². The lowest BCUT2D eigenvalue weighted by molar-refractivity contribution is 0.346. The molecule has 0 spiro atoms. The molecule has 0 radical (unpaired) electrons. The van der Waals surface area contributed by atoms with Crippen molar-refractivity contribution in [2.75, 3.05) is 33.2 Å². The zero-order valence-corrected chi connectivity index (χ0v) is 20.3. The Bertz CT molecular complexity index is 789. The van der Waals surface area contributed by atoms with Gasteiger partial charge in [0.2, 0.25) is 10.0 Å². The molecular weight excluding hydrogens is 487 g/mol. The third kappa shape index (κ3) is 5.38. The summed E-state index contributed by atoms with van der Waals surface area (Å²) in [6, 6.07) is 7.32. The minimum absolute atomic E-state index is 0. The van der Waals surface area contributed by atoms with Crippen molar-refractivity contribution in [3.05, 3.63) is 29.8 Å². The molecule has 2 saturated heterocycles. The van der Waals surface area contributed by atoms with Gasteiger partial charge in [-0.25, -0.2) is 8.42 Å². The van der Waals surface area contributed by atoms with E-state index in [-0.39, 0.29) is 29.4 Å². The standard InChI is InChI=1S/C20H32N4O2S.HI/c1-20(2)11-14-23(16-20)19(21-3)22-15-17-9-5-6-10-18(17)27(25,26)24-12-7-4-8-13-24;/h5-6,9-10H,4,7-8,11-16H2,1-3H3,(H,21,22);1H. The van der Waals surface area contributed by atoms with Gasteiger partial charge in [0.1, 0.15) is 0 Å². The van der Waals surface area contributed by atoms with Crippen LogP contribution in [0.15, 0.2) is 34.2 Å². The number of guanidine groups is 1. The summed E-state index contributed by atoms with van der Waals surface area (Å²) in [5.74, 6) is 0.839. The third-order valence-corrected chi connectivity index (χ3v) is 7.53. The summed E-state index contributed by atoms with van der Waals surface area (Å²) in [5, 5.41) is 3.37. The average molecular weight is 520 g/mol. The molecule has 2 aliphatic rings. The monoisotopic (exact) mass is 520 g/mol. The maximum Gasteiger partial charge on any atom is 0.243 e. The van der Waals surface area contributed by atoms with Gasteiger partial charge >= 0.3 is 0 Å². The first-order valence-corrected chi connectivity index (χ1v) is 11.3. The van der Waals surface area contributed by atoms with Gasteiger partial charge in [-0.2, -0.15) is 4.31 Å². The van der Waals surface area contributed by atoms with E-state index in [1.165, 1.54) is 0 Å². The highest BCUT2D eigenvalue weighted by Gasteiger charge is 2.31. The number of hydrogen-bond donors (Lipinski definition) is 1. The van der Waals surface area contributed by atoms with E-state index < -0.39 is 10.0 Å². The summed E-state index contributed by atoms with van der Waals surface area (Å²) < 4.78 is 27.9. The SMILES string of the molecule is CN=C(NCc1ccccc1S(=O)(=O)N1CCCCC1)N1CCC(C)(C)C1.I. The van der Waals surface area contributed by atoms with Crippen LogP contribution in [0.5, 0.6) is 0 Å². The van der Waals surface area contributed by atoms with E-state index in [2.05, 4.69) is 29.1 Å². The van der Waals surface area contributed by atoms with Crippen molar-refractivity contribution in [1.82, 2.24) is 14.5 Å². The first-order valence-electron chi connectivity index (χ1n) is 9.87. The summed E-state index contributed by atoms with van der Waals surface area (Å²) >= 11 is 0. The molecule has 0 saturated carbocycles. The molecule has 2 fully saturated rings. The Morgan fingerprint density at radius 3 is 2.43 bits per heavy atom. The largest absolute Gasteiger partial charge is 0.352 e. The molecule has 2 aliphatic heterocycles. The molecule has 158 valence electrons. The second-order valence-corrected chi connectivity index (χ2v) is 10.2. The summed E-state index contributed by atoms with van der Waals surface area (Å²) in [4.78, 5) is 7.07. The predicted molar refractivity (Wildman–Crippen MR) is 125 cm³/mol. The van der Waals surface area contributed by atoms with Crippen LogP contribution in [0.1, 0.15) is 45.1 Å². The molecule has 0 bridgehead atoms. The Morgan fingerprint density at radius 1 is 1.14 bits per heavy atom. The number of rotatable bonds is 4. The molecule has 0 amide bonds. The van der Waals surface area contributed by atoms with Crippen LogP contribution in [0.25, 0.3) is 0 Å². The summed E-state index contributed by atoms with van der Waals surface area (Å²) in [6.45, 7) is 8.15. The molecular formula is C20H33IN4O2S. The lowest BCUT2D eigenvalue weighted by Crippen LogP contribution is -2.41. The Balaban J connectivity index is 0.00000280. The number of halogens is 1. The van der Waals surface area contributed by atoms with Gasteiger partial charge in [0, 0.05) is 39.8 Å². The van der Waals surface area contributed by atoms with Crippen molar-refractivity contribution in [2.24, 2.45) is 10.4 Å². The van der Waals surface area contributed by atoms with E-state index in [0.29, 0.717) is 24.5 Å². The molecule has 1 aromatic rings. The number of sulfonamides is 1. The lowest BCUT2D eigenvalue weighted by atomic mass is 9.93. The predicted octanol–water partition coefficient (Wildman–Crippen LogP) is 3.29. The maximum atomic E-state index is 13.1. The number of piperidine rings is 1. The van der Waals surface area contributed by atoms with Crippen LogP contribution in [0.3, 0.4) is 0 Å². The average Bonchev–Trinajstić information content (AvgIpc) is 3.03. The van der Waals surface area contributed by atoms with Crippen LogP contribution in [-0.4, -0.2) is 56.8 Å². The van der Waals surface area contributed by atoms with Crippen molar-refractivity contribution in [1.29, 1.82) is 0 Å². The van der Waals surface area contributed by atoms with Crippen LogP contribution in [0.4, 0.5) is 0 Å². The Kier molecular flexibility index (Phi) is 8.16. The second kappa shape index (κ2) is 9.75. The van der Waals surface area contributed by atoms with Gasteiger partial charge in [-0.05, 0) is 36.3 Å². The summed E-state index contributed by atoms with van der Waals surface area (Å²) in [6.07, 6.45) is 4.12. The molecule has 28 heavy (non-hydrogen) atoms. The minimum atomic E-state index is -3.45. The number of likely N-dealkylation sites (tertiary alicyclic amines) is 1. The fourth-order valence-electron chi connectivity index (χ4n) is 3.95. The Labute approximate surface area is 186 Å². The molecule has 3 rings (SSSR count). The van der Waals surface area contributed by atoms with E-state index in [4.69, 9.17) is 0 Å². The first-order chi connectivity index (χ1) is 12.8. The highest BCUT2D eigenvalue weighted by Crippen LogP contribution is 2.29. The number of aliphatic imine (C=N–C) groups is 1. The molecule has 8 heteroatoms. The van der Waals surface area contributed by atoms with Gasteiger partial charge in [-0.1, -0.05) is 38.5 Å². The van der Waals surface area contributed by atoms with Crippen molar-refractivity contribution in [2.45, 2.75) is 51.0 Å². The van der Waals surface area contributed by atoms with Crippen molar-refractivity contribution in [3.8, 4) is 0 Å². The molecule has 2 heterocycles. The highest BCUT2D eigenvalue weighted by atomic mass is 127. The van der Waals surface area contributed by atoms with Crippen LogP contribution in [0.2, 0.25) is 0 Å². The van der Waals surface area contributed by atoms with Crippen molar-refractivity contribution >= 4 is 40.0 Å². The van der Waals surface area contributed by atoms with Gasteiger partial charge < -0.3 is 10.2 Å². The molecule has 1 N–H and O–H groups in total. The van der Waals surface area contributed by atoms with Crippen LogP contribution in [0, 0.1) is 5.41 Å². The Hall–Kier alpha value is -0.870. The lowest BCUT2D eigenvalue weighted by Gasteiger charge is -2.27. The topological polar surface area (TPSA) is 65.0 Å². The fourth-order valence-corrected chi connectivity index (χ4v) is 5.68. The number of benzene rings is 1. The summed E-state index contributed by atoms with van der Waals surface area (Å²) in [5.41, 5.74) is 1.08. The van der Waals surface area contributed by atoms with E-state index in [1.54, 1.807) is 23.5 Å². The van der Waals surface area contributed by atoms with Gasteiger partial charge in [-0.3, -0.25) is 4.99 Å². The molecule has 6 nitrogen and oxygen atoms in total. The minimum Gasteiger partial charge on any atom is -0.352 e. The number of nitrogens with one attached hydrogen (secondary N) is 1. The van der Waals surface area contributed by atoms with E-state index >= 15 is 0 Å². The van der Waals surface area contributed by atoms with E-state index in [0.717, 1.165) is 50.3 Å². The van der Waals surface area contributed by atoms with Gasteiger partial charge in [-0.15, -0.1) is 24.0 Å². The second-order valence-electron chi connectivity index (χ2n) is 8.31.